The van der Waals surface area contributed by atoms with E-state index in [4.69, 9.17) is 5.73 Å². The summed E-state index contributed by atoms with van der Waals surface area (Å²) in [6.07, 6.45) is 2.62. The zero-order valence-corrected chi connectivity index (χ0v) is 11.8. The summed E-state index contributed by atoms with van der Waals surface area (Å²) in [5.74, 6) is 0.755. The summed E-state index contributed by atoms with van der Waals surface area (Å²) in [7, 11) is 0. The maximum absolute atomic E-state index is 10.8. The van der Waals surface area contributed by atoms with Crippen molar-refractivity contribution < 1.29 is 4.79 Å². The molecule has 2 amide bonds. The van der Waals surface area contributed by atoms with Gasteiger partial charge in [0, 0.05) is 17.9 Å². The highest BCUT2D eigenvalue weighted by Crippen LogP contribution is 2.41. The van der Waals surface area contributed by atoms with Gasteiger partial charge < -0.3 is 16.4 Å². The van der Waals surface area contributed by atoms with Gasteiger partial charge in [-0.3, -0.25) is 0 Å². The number of hydrogen-bond acceptors (Lipinski definition) is 2. The van der Waals surface area contributed by atoms with Crippen molar-refractivity contribution in [2.75, 3.05) is 10.6 Å². The van der Waals surface area contributed by atoms with Gasteiger partial charge in [-0.1, -0.05) is 24.3 Å². The van der Waals surface area contributed by atoms with Crippen molar-refractivity contribution in [2.45, 2.75) is 25.3 Å². The molecule has 4 N–H and O–H groups in total. The van der Waals surface area contributed by atoms with Crippen LogP contribution in [0.2, 0.25) is 0 Å². The molecule has 1 aliphatic carbocycles. The second kappa shape index (κ2) is 5.87. The molecule has 3 rings (SSSR count). The minimum Gasteiger partial charge on any atom is -0.381 e. The number of carbonyl (C=O) groups is 1. The van der Waals surface area contributed by atoms with Crippen molar-refractivity contribution in [1.29, 1.82) is 0 Å². The standard InChI is InChI=1S/C17H19N3O/c18-17(21)20-15-9-7-14(8-10-15)19-11-13-3-1-2-4-16(13)12-5-6-12/h1-4,7-10,12,19H,5-6,11H2,(H3,18,20,21). The molecule has 0 bridgehead atoms. The molecule has 0 saturated heterocycles. The number of rotatable bonds is 5. The van der Waals surface area contributed by atoms with Crippen molar-refractivity contribution in [3.8, 4) is 0 Å². The topological polar surface area (TPSA) is 67.2 Å². The Bertz CT molecular complexity index is 633. The normalized spacial score (nSPS) is 13.7. The molecule has 1 aliphatic rings. The molecule has 1 saturated carbocycles. The number of hydrogen-bond donors (Lipinski definition) is 3. The number of nitrogens with two attached hydrogens (primary N) is 1. The Morgan fingerprint density at radius 1 is 1.05 bits per heavy atom. The van der Waals surface area contributed by atoms with Crippen LogP contribution in [0, 0.1) is 0 Å². The summed E-state index contributed by atoms with van der Waals surface area (Å²) in [4.78, 5) is 10.8. The Morgan fingerprint density at radius 3 is 2.38 bits per heavy atom. The summed E-state index contributed by atoms with van der Waals surface area (Å²) in [6, 6.07) is 15.6. The van der Waals surface area contributed by atoms with E-state index < -0.39 is 6.03 Å². The van der Waals surface area contributed by atoms with E-state index in [0.717, 1.165) is 18.2 Å². The van der Waals surface area contributed by atoms with E-state index >= 15 is 0 Å². The van der Waals surface area contributed by atoms with Gasteiger partial charge in [0.15, 0.2) is 0 Å². The number of amides is 2. The van der Waals surface area contributed by atoms with Crippen molar-refractivity contribution in [2.24, 2.45) is 5.73 Å². The van der Waals surface area contributed by atoms with E-state index in [1.807, 2.05) is 24.3 Å². The summed E-state index contributed by atoms with van der Waals surface area (Å²) in [6.45, 7) is 0.815. The lowest BCUT2D eigenvalue weighted by Crippen LogP contribution is -2.19. The monoisotopic (exact) mass is 281 g/mol. The van der Waals surface area contributed by atoms with Gasteiger partial charge in [0.1, 0.15) is 0 Å². The van der Waals surface area contributed by atoms with Crippen molar-refractivity contribution >= 4 is 17.4 Å². The molecule has 0 radical (unpaired) electrons. The maximum Gasteiger partial charge on any atom is 0.316 e. The minimum absolute atomic E-state index is 0.547. The van der Waals surface area contributed by atoms with E-state index in [1.165, 1.54) is 24.0 Å². The molecule has 0 heterocycles. The van der Waals surface area contributed by atoms with Gasteiger partial charge in [-0.2, -0.15) is 0 Å². The van der Waals surface area contributed by atoms with Crippen LogP contribution in [0.3, 0.4) is 0 Å². The summed E-state index contributed by atoms with van der Waals surface area (Å²) in [5, 5.41) is 5.97. The molecule has 0 atom stereocenters. The first-order valence-corrected chi connectivity index (χ1v) is 7.20. The number of benzene rings is 2. The van der Waals surface area contributed by atoms with E-state index in [1.54, 1.807) is 0 Å². The molecule has 0 aliphatic heterocycles. The Labute approximate surface area is 124 Å². The molecule has 0 aromatic heterocycles. The largest absolute Gasteiger partial charge is 0.381 e. The maximum atomic E-state index is 10.8. The molecule has 0 spiro atoms. The molecular formula is C17H19N3O. The second-order valence-corrected chi connectivity index (χ2v) is 5.39. The van der Waals surface area contributed by atoms with Crippen molar-refractivity contribution in [3.63, 3.8) is 0 Å². The lowest BCUT2D eigenvalue weighted by atomic mass is 10.0. The highest BCUT2D eigenvalue weighted by atomic mass is 16.2. The Kier molecular flexibility index (Phi) is 3.77. The predicted octanol–water partition coefficient (Wildman–Crippen LogP) is 3.67. The third-order valence-corrected chi connectivity index (χ3v) is 3.71. The quantitative estimate of drug-likeness (QED) is 0.782. The van der Waals surface area contributed by atoms with Crippen molar-refractivity contribution in [3.05, 3.63) is 59.7 Å². The van der Waals surface area contributed by atoms with Gasteiger partial charge in [-0.15, -0.1) is 0 Å². The van der Waals surface area contributed by atoms with Gasteiger partial charge >= 0.3 is 6.03 Å². The zero-order chi connectivity index (χ0) is 14.7. The van der Waals surface area contributed by atoms with Gasteiger partial charge in [0.2, 0.25) is 0 Å². The van der Waals surface area contributed by atoms with Gasteiger partial charge in [-0.25, -0.2) is 4.79 Å². The smallest absolute Gasteiger partial charge is 0.316 e. The van der Waals surface area contributed by atoms with Crippen LogP contribution >= 0.6 is 0 Å². The minimum atomic E-state index is -0.547. The van der Waals surface area contributed by atoms with E-state index in [2.05, 4.69) is 34.9 Å². The summed E-state index contributed by atoms with van der Waals surface area (Å²) >= 11 is 0. The second-order valence-electron chi connectivity index (χ2n) is 5.39. The average Bonchev–Trinajstić information content (AvgIpc) is 3.31. The van der Waals surface area contributed by atoms with E-state index in [0.29, 0.717) is 5.69 Å². The van der Waals surface area contributed by atoms with E-state index in [9.17, 15) is 4.79 Å². The molecule has 4 nitrogen and oxygen atoms in total. The average molecular weight is 281 g/mol. The first kappa shape index (κ1) is 13.5. The first-order chi connectivity index (χ1) is 10.2. The highest BCUT2D eigenvalue weighted by Gasteiger charge is 2.25. The number of nitrogens with one attached hydrogen (secondary N) is 2. The fourth-order valence-corrected chi connectivity index (χ4v) is 2.50. The molecule has 2 aromatic rings. The molecule has 0 unspecified atom stereocenters. The van der Waals surface area contributed by atoms with Gasteiger partial charge in [-0.05, 0) is 54.2 Å². The van der Waals surface area contributed by atoms with Gasteiger partial charge in [0.25, 0.3) is 0 Å². The lowest BCUT2D eigenvalue weighted by molar-refractivity contribution is 0.259. The third-order valence-electron chi connectivity index (χ3n) is 3.71. The summed E-state index contributed by atoms with van der Waals surface area (Å²) < 4.78 is 0. The number of primary amides is 1. The zero-order valence-electron chi connectivity index (χ0n) is 11.8. The van der Waals surface area contributed by atoms with Crippen LogP contribution in [0.5, 0.6) is 0 Å². The number of anilines is 2. The SMILES string of the molecule is NC(=O)Nc1ccc(NCc2ccccc2C2CC2)cc1. The molecular weight excluding hydrogens is 262 g/mol. The Morgan fingerprint density at radius 2 is 1.71 bits per heavy atom. The molecule has 1 fully saturated rings. The number of urea groups is 1. The summed E-state index contributed by atoms with van der Waals surface area (Å²) in [5.41, 5.74) is 9.64. The Balaban J connectivity index is 1.63. The molecule has 4 heteroatoms. The van der Waals surface area contributed by atoms with Crippen LogP contribution < -0.4 is 16.4 Å². The Hall–Kier alpha value is -2.49. The van der Waals surface area contributed by atoms with Crippen LogP contribution in [-0.4, -0.2) is 6.03 Å². The highest BCUT2D eigenvalue weighted by molar-refractivity contribution is 5.87. The predicted molar refractivity (Wildman–Crippen MR) is 85.4 cm³/mol. The third kappa shape index (κ3) is 3.54. The van der Waals surface area contributed by atoms with Gasteiger partial charge in [0.05, 0.1) is 0 Å². The molecule has 108 valence electrons. The fourth-order valence-electron chi connectivity index (χ4n) is 2.50. The fraction of sp³-hybridized carbons (Fsp3) is 0.235. The number of carbonyl (C=O) groups excluding carboxylic acids is 1. The van der Waals surface area contributed by atoms with Crippen LogP contribution in [-0.2, 0) is 6.54 Å². The lowest BCUT2D eigenvalue weighted by Gasteiger charge is -2.11. The van der Waals surface area contributed by atoms with E-state index in [-0.39, 0.29) is 0 Å². The van der Waals surface area contributed by atoms with Crippen LogP contribution in [0.4, 0.5) is 16.2 Å². The molecule has 2 aromatic carbocycles. The van der Waals surface area contributed by atoms with Crippen LogP contribution in [0.15, 0.2) is 48.5 Å². The first-order valence-electron chi connectivity index (χ1n) is 7.20. The van der Waals surface area contributed by atoms with Crippen molar-refractivity contribution in [1.82, 2.24) is 0 Å². The van der Waals surface area contributed by atoms with Crippen LogP contribution in [0.1, 0.15) is 29.9 Å². The van der Waals surface area contributed by atoms with Crippen LogP contribution in [0.25, 0.3) is 0 Å². The molecule has 21 heavy (non-hydrogen) atoms.